The number of carbonyl (C=O) groups is 1. The molecule has 0 radical (unpaired) electrons. The standard InChI is InChI=1S/C24H21N3O2/c1-26(2)17-13-11-16(12-14-17)15-22-23(28)25-24(29-22)27-20-9-5-3-7-18(20)19-8-4-6-10-21(19)27/h3-11,13,15H,12,14H2,1-2H3/b22-15+. The van der Waals surface area contributed by atoms with Crippen LogP contribution in [0, 0.1) is 0 Å². The normalized spacial score (nSPS) is 18.1. The zero-order valence-corrected chi connectivity index (χ0v) is 16.4. The lowest BCUT2D eigenvalue weighted by molar-refractivity contribution is -0.115. The van der Waals surface area contributed by atoms with E-state index in [9.17, 15) is 4.79 Å². The zero-order chi connectivity index (χ0) is 20.0. The highest BCUT2D eigenvalue weighted by molar-refractivity contribution is 6.16. The summed E-state index contributed by atoms with van der Waals surface area (Å²) in [5.74, 6) is -0.0695. The monoisotopic (exact) mass is 383 g/mol. The summed E-state index contributed by atoms with van der Waals surface area (Å²) in [6.45, 7) is 0. The summed E-state index contributed by atoms with van der Waals surface area (Å²) in [5, 5.41) is 2.21. The Morgan fingerprint density at radius 2 is 1.62 bits per heavy atom. The van der Waals surface area contributed by atoms with E-state index in [0.717, 1.165) is 40.2 Å². The molecule has 1 aromatic heterocycles. The lowest BCUT2D eigenvalue weighted by Gasteiger charge is -2.20. The average Bonchev–Trinajstić information content (AvgIpc) is 3.26. The van der Waals surface area contributed by atoms with Crippen LogP contribution in [0.15, 0.2) is 88.8 Å². The molecule has 5 nitrogen and oxygen atoms in total. The molecule has 0 atom stereocenters. The highest BCUT2D eigenvalue weighted by atomic mass is 16.5. The highest BCUT2D eigenvalue weighted by Crippen LogP contribution is 2.31. The molecule has 0 bridgehead atoms. The molecule has 0 fully saturated rings. The molecule has 29 heavy (non-hydrogen) atoms. The number of amides is 1. The number of rotatable bonds is 2. The minimum atomic E-state index is -0.342. The number of fused-ring (bicyclic) bond motifs is 3. The van der Waals surface area contributed by atoms with Crippen LogP contribution in [-0.2, 0) is 9.53 Å². The summed E-state index contributed by atoms with van der Waals surface area (Å²) in [7, 11) is 4.08. The van der Waals surface area contributed by atoms with E-state index in [-0.39, 0.29) is 11.7 Å². The summed E-state index contributed by atoms with van der Waals surface area (Å²) >= 11 is 0. The number of allylic oxidation sites excluding steroid dienone is 5. The molecule has 0 saturated carbocycles. The number of nitrogens with zero attached hydrogens (tertiary/aromatic N) is 3. The third kappa shape index (κ3) is 2.95. The third-order valence-corrected chi connectivity index (χ3v) is 5.43. The maximum absolute atomic E-state index is 12.6. The number of aromatic nitrogens is 1. The molecule has 1 amide bonds. The molecule has 0 saturated heterocycles. The quantitative estimate of drug-likeness (QED) is 0.608. The fraction of sp³-hybridized carbons (Fsp3) is 0.167. The summed E-state index contributed by atoms with van der Waals surface area (Å²) in [6.07, 6.45) is 7.76. The second-order valence-electron chi connectivity index (χ2n) is 7.47. The van der Waals surface area contributed by atoms with Gasteiger partial charge in [0.2, 0.25) is 0 Å². The summed E-state index contributed by atoms with van der Waals surface area (Å²) < 4.78 is 7.88. The van der Waals surface area contributed by atoms with Crippen LogP contribution in [0.1, 0.15) is 12.8 Å². The molecule has 5 heteroatoms. The summed E-state index contributed by atoms with van der Waals surface area (Å²) in [5.41, 5.74) is 4.28. The van der Waals surface area contributed by atoms with Crippen LogP contribution in [0.25, 0.3) is 21.8 Å². The first-order chi connectivity index (χ1) is 14.1. The molecule has 0 unspecified atom stereocenters. The molecule has 2 aromatic carbocycles. The van der Waals surface area contributed by atoms with Crippen molar-refractivity contribution in [1.29, 1.82) is 0 Å². The molecular formula is C24H21N3O2. The van der Waals surface area contributed by atoms with Crippen molar-refractivity contribution in [3.05, 3.63) is 83.8 Å². The van der Waals surface area contributed by atoms with E-state index in [0.29, 0.717) is 6.02 Å². The molecule has 2 aliphatic rings. The van der Waals surface area contributed by atoms with Gasteiger partial charge in [-0.1, -0.05) is 42.5 Å². The van der Waals surface area contributed by atoms with Crippen LogP contribution in [0.3, 0.4) is 0 Å². The molecule has 0 N–H and O–H groups in total. The number of para-hydroxylation sites is 2. The number of benzene rings is 2. The Balaban J connectivity index is 1.54. The van der Waals surface area contributed by atoms with Crippen LogP contribution in [0.2, 0.25) is 0 Å². The second kappa shape index (κ2) is 6.78. The molecule has 5 rings (SSSR count). The first kappa shape index (κ1) is 17.5. The van der Waals surface area contributed by atoms with E-state index >= 15 is 0 Å². The largest absolute Gasteiger partial charge is 0.419 e. The first-order valence-corrected chi connectivity index (χ1v) is 9.70. The number of carbonyl (C=O) groups excluding carboxylic acids is 1. The van der Waals surface area contributed by atoms with E-state index in [1.807, 2.05) is 67.2 Å². The van der Waals surface area contributed by atoms with Crippen LogP contribution in [0.4, 0.5) is 0 Å². The minimum absolute atomic E-state index is 0.273. The number of ether oxygens (including phenoxy) is 1. The Morgan fingerprint density at radius 1 is 0.966 bits per heavy atom. The van der Waals surface area contributed by atoms with Crippen molar-refractivity contribution < 1.29 is 9.53 Å². The van der Waals surface area contributed by atoms with Gasteiger partial charge in [0.1, 0.15) is 0 Å². The van der Waals surface area contributed by atoms with Crippen molar-refractivity contribution in [3.8, 4) is 0 Å². The van der Waals surface area contributed by atoms with E-state index in [2.05, 4.69) is 28.1 Å². The highest BCUT2D eigenvalue weighted by Gasteiger charge is 2.27. The van der Waals surface area contributed by atoms with Gasteiger partial charge in [0.05, 0.1) is 11.0 Å². The Bertz CT molecular complexity index is 1220. The first-order valence-electron chi connectivity index (χ1n) is 9.70. The molecular weight excluding hydrogens is 362 g/mol. The lowest BCUT2D eigenvalue weighted by atomic mass is 10.0. The van der Waals surface area contributed by atoms with E-state index in [1.165, 1.54) is 5.70 Å². The number of hydrogen-bond acceptors (Lipinski definition) is 3. The predicted molar refractivity (Wildman–Crippen MR) is 116 cm³/mol. The Hall–Kier alpha value is -3.60. The Labute approximate surface area is 168 Å². The van der Waals surface area contributed by atoms with Gasteiger partial charge in [-0.15, -0.1) is 0 Å². The van der Waals surface area contributed by atoms with Crippen molar-refractivity contribution in [2.45, 2.75) is 12.8 Å². The fourth-order valence-electron chi connectivity index (χ4n) is 3.93. The van der Waals surface area contributed by atoms with Gasteiger partial charge < -0.3 is 9.64 Å². The molecule has 144 valence electrons. The van der Waals surface area contributed by atoms with Crippen molar-refractivity contribution in [2.24, 2.45) is 4.99 Å². The molecule has 2 heterocycles. The Kier molecular flexibility index (Phi) is 4.09. The van der Waals surface area contributed by atoms with Gasteiger partial charge >= 0.3 is 11.9 Å². The van der Waals surface area contributed by atoms with Crippen LogP contribution >= 0.6 is 0 Å². The van der Waals surface area contributed by atoms with Crippen LogP contribution in [-0.4, -0.2) is 35.5 Å². The smallest absolute Gasteiger partial charge is 0.317 e. The SMILES string of the molecule is CN(C)C1=CC=C(/C=C2/OC(n3c4ccccc4c4ccccc43)=NC2=O)CC1. The van der Waals surface area contributed by atoms with Gasteiger partial charge in [-0.25, -0.2) is 0 Å². The van der Waals surface area contributed by atoms with Crippen molar-refractivity contribution >= 4 is 33.7 Å². The number of aliphatic imine (C=N–C) groups is 1. The van der Waals surface area contributed by atoms with Gasteiger partial charge in [-0.2, -0.15) is 4.99 Å². The summed E-state index contributed by atoms with van der Waals surface area (Å²) in [4.78, 5) is 18.9. The maximum Gasteiger partial charge on any atom is 0.317 e. The number of hydrogen-bond donors (Lipinski definition) is 0. The molecule has 0 spiro atoms. The predicted octanol–water partition coefficient (Wildman–Crippen LogP) is 4.61. The topological polar surface area (TPSA) is 46.8 Å². The van der Waals surface area contributed by atoms with Crippen LogP contribution in [0.5, 0.6) is 0 Å². The fourth-order valence-corrected chi connectivity index (χ4v) is 3.93. The molecule has 3 aromatic rings. The lowest BCUT2D eigenvalue weighted by Crippen LogP contribution is -2.13. The zero-order valence-electron chi connectivity index (χ0n) is 16.4. The molecule has 1 aliphatic carbocycles. The Morgan fingerprint density at radius 3 is 2.21 bits per heavy atom. The van der Waals surface area contributed by atoms with Gasteiger partial charge in [0.25, 0.3) is 0 Å². The van der Waals surface area contributed by atoms with Crippen molar-refractivity contribution in [2.75, 3.05) is 14.1 Å². The second-order valence-corrected chi connectivity index (χ2v) is 7.47. The third-order valence-electron chi connectivity index (χ3n) is 5.43. The van der Waals surface area contributed by atoms with Crippen molar-refractivity contribution in [1.82, 2.24) is 9.47 Å². The van der Waals surface area contributed by atoms with Crippen molar-refractivity contribution in [3.63, 3.8) is 0 Å². The van der Waals surface area contributed by atoms with Gasteiger partial charge in [-0.05, 0) is 42.7 Å². The van der Waals surface area contributed by atoms with Gasteiger partial charge in [-0.3, -0.25) is 9.36 Å². The van der Waals surface area contributed by atoms with E-state index in [4.69, 9.17) is 4.74 Å². The van der Waals surface area contributed by atoms with Gasteiger partial charge in [0.15, 0.2) is 5.76 Å². The molecule has 1 aliphatic heterocycles. The maximum atomic E-state index is 12.6. The van der Waals surface area contributed by atoms with E-state index < -0.39 is 0 Å². The summed E-state index contributed by atoms with van der Waals surface area (Å²) in [6, 6.07) is 16.5. The van der Waals surface area contributed by atoms with E-state index in [1.54, 1.807) is 0 Å². The van der Waals surface area contributed by atoms with Gasteiger partial charge in [0, 0.05) is 30.6 Å². The average molecular weight is 383 g/mol. The minimum Gasteiger partial charge on any atom is -0.419 e. The van der Waals surface area contributed by atoms with Crippen LogP contribution < -0.4 is 0 Å².